The fraction of sp³-hybridized carbons (Fsp3) is 0.310. The van der Waals surface area contributed by atoms with Gasteiger partial charge in [-0.1, -0.05) is 48.5 Å². The first-order chi connectivity index (χ1) is 16.6. The summed E-state index contributed by atoms with van der Waals surface area (Å²) in [5.41, 5.74) is 4.31. The van der Waals surface area contributed by atoms with Gasteiger partial charge in [-0.05, 0) is 65.8 Å². The van der Waals surface area contributed by atoms with Crippen LogP contribution in [0.5, 0.6) is 0 Å². The normalized spacial score (nSPS) is 17.3. The Morgan fingerprint density at radius 1 is 1.12 bits per heavy atom. The van der Waals surface area contributed by atoms with E-state index in [0.717, 1.165) is 54.8 Å². The summed E-state index contributed by atoms with van der Waals surface area (Å²) in [7, 11) is 3.93. The second kappa shape index (κ2) is 10.6. The first-order valence-electron chi connectivity index (χ1n) is 11.7. The van der Waals surface area contributed by atoms with Crippen molar-refractivity contribution in [2.45, 2.75) is 37.9 Å². The lowest BCUT2D eigenvalue weighted by Gasteiger charge is -2.32. The first kappa shape index (κ1) is 23.7. The maximum atomic E-state index is 13.7. The molecule has 0 saturated heterocycles. The molecule has 0 amide bonds. The summed E-state index contributed by atoms with van der Waals surface area (Å²) in [6.07, 6.45) is 3.46. The van der Waals surface area contributed by atoms with Gasteiger partial charge >= 0.3 is 0 Å². The number of aliphatic imine (C=N–C) groups is 1. The monoisotopic (exact) mass is 455 g/mol. The summed E-state index contributed by atoms with van der Waals surface area (Å²) in [5, 5.41) is 9.29. The number of halogens is 1. The van der Waals surface area contributed by atoms with Crippen molar-refractivity contribution in [1.29, 1.82) is 5.26 Å². The number of amidine groups is 1. The van der Waals surface area contributed by atoms with Crippen molar-refractivity contribution >= 4 is 5.84 Å². The zero-order valence-corrected chi connectivity index (χ0v) is 19.8. The van der Waals surface area contributed by atoms with Gasteiger partial charge < -0.3 is 9.64 Å². The maximum absolute atomic E-state index is 13.7. The minimum atomic E-state index is -0.647. The van der Waals surface area contributed by atoms with Crippen molar-refractivity contribution in [2.24, 2.45) is 4.99 Å². The summed E-state index contributed by atoms with van der Waals surface area (Å²) in [6.45, 7) is 1.27. The number of nitriles is 1. The van der Waals surface area contributed by atoms with E-state index >= 15 is 0 Å². The van der Waals surface area contributed by atoms with Crippen LogP contribution in [0.15, 0.2) is 77.8 Å². The third kappa shape index (κ3) is 5.03. The Balaban J connectivity index is 1.48. The third-order valence-electron chi connectivity index (χ3n) is 6.66. The molecule has 0 aliphatic carbocycles. The maximum Gasteiger partial charge on any atom is 0.123 e. The Morgan fingerprint density at radius 3 is 2.59 bits per heavy atom. The van der Waals surface area contributed by atoms with Crippen molar-refractivity contribution in [3.63, 3.8) is 0 Å². The Hall–Kier alpha value is -3.49. The summed E-state index contributed by atoms with van der Waals surface area (Å²) in [5.74, 6) is 0.810. The van der Waals surface area contributed by atoms with Gasteiger partial charge in [0.05, 0.1) is 24.1 Å². The molecule has 5 heteroatoms. The lowest BCUT2D eigenvalue weighted by Crippen LogP contribution is -2.32. The van der Waals surface area contributed by atoms with Gasteiger partial charge in [-0.15, -0.1) is 0 Å². The molecule has 1 heterocycles. The number of benzene rings is 3. The van der Waals surface area contributed by atoms with Gasteiger partial charge in [-0.3, -0.25) is 4.99 Å². The van der Waals surface area contributed by atoms with E-state index in [1.54, 1.807) is 0 Å². The zero-order valence-electron chi connectivity index (χ0n) is 19.8. The molecule has 4 rings (SSSR count). The molecule has 0 N–H and O–H groups in total. The van der Waals surface area contributed by atoms with Crippen LogP contribution in [0, 0.1) is 17.1 Å². The molecule has 0 aromatic heterocycles. The van der Waals surface area contributed by atoms with Crippen molar-refractivity contribution in [3.8, 4) is 6.07 Å². The van der Waals surface area contributed by atoms with E-state index in [-0.39, 0.29) is 5.82 Å². The average molecular weight is 456 g/mol. The van der Waals surface area contributed by atoms with E-state index < -0.39 is 5.60 Å². The standard InChI is InChI=1S/C29H30FN3O/c1-32-28(16-10-22-7-4-3-5-8-22)33(2)18-6-17-29(25-11-13-26(30)14-12-25)27-15-9-23(20-31)19-24(27)21-34-29/h3-5,7-9,11-15,19H,6,10,16-18,21H2,1-2H3. The molecule has 0 bridgehead atoms. The molecule has 1 unspecified atom stereocenters. The third-order valence-corrected chi connectivity index (χ3v) is 6.66. The van der Waals surface area contributed by atoms with Crippen LogP contribution >= 0.6 is 0 Å². The van der Waals surface area contributed by atoms with E-state index in [9.17, 15) is 9.65 Å². The molecule has 1 atom stereocenters. The van der Waals surface area contributed by atoms with Crippen LogP contribution in [-0.4, -0.2) is 31.4 Å². The van der Waals surface area contributed by atoms with Crippen molar-refractivity contribution in [1.82, 2.24) is 4.90 Å². The van der Waals surface area contributed by atoms with Gasteiger partial charge in [0.2, 0.25) is 0 Å². The molecule has 4 nitrogen and oxygen atoms in total. The van der Waals surface area contributed by atoms with Crippen molar-refractivity contribution < 1.29 is 9.13 Å². The number of ether oxygens (including phenoxy) is 1. The predicted octanol–water partition coefficient (Wildman–Crippen LogP) is 5.84. The fourth-order valence-corrected chi connectivity index (χ4v) is 4.83. The number of hydrogen-bond acceptors (Lipinski definition) is 3. The van der Waals surface area contributed by atoms with Gasteiger partial charge in [0, 0.05) is 27.1 Å². The number of fused-ring (bicyclic) bond motifs is 1. The van der Waals surface area contributed by atoms with E-state index in [1.165, 1.54) is 17.7 Å². The second-order valence-corrected chi connectivity index (χ2v) is 8.76. The number of hydrogen-bond donors (Lipinski definition) is 0. The van der Waals surface area contributed by atoms with Crippen LogP contribution in [0.4, 0.5) is 4.39 Å². The van der Waals surface area contributed by atoms with Crippen LogP contribution < -0.4 is 0 Å². The topological polar surface area (TPSA) is 48.6 Å². The van der Waals surface area contributed by atoms with Crippen LogP contribution in [-0.2, 0) is 23.4 Å². The second-order valence-electron chi connectivity index (χ2n) is 8.76. The summed E-state index contributed by atoms with van der Waals surface area (Å²) in [6, 6.07) is 25.0. The molecule has 34 heavy (non-hydrogen) atoms. The lowest BCUT2D eigenvalue weighted by atomic mass is 9.81. The summed E-state index contributed by atoms with van der Waals surface area (Å²) >= 11 is 0. The fourth-order valence-electron chi connectivity index (χ4n) is 4.83. The quantitative estimate of drug-likeness (QED) is 0.316. The summed E-state index contributed by atoms with van der Waals surface area (Å²) in [4.78, 5) is 6.75. The number of rotatable bonds is 8. The van der Waals surface area contributed by atoms with E-state index in [4.69, 9.17) is 4.74 Å². The lowest BCUT2D eigenvalue weighted by molar-refractivity contribution is -0.0136. The first-order valence-corrected chi connectivity index (χ1v) is 11.7. The molecular formula is C29H30FN3O. The molecule has 0 fully saturated rings. The molecule has 0 radical (unpaired) electrons. The van der Waals surface area contributed by atoms with Crippen LogP contribution in [0.3, 0.4) is 0 Å². The van der Waals surface area contributed by atoms with E-state index in [2.05, 4.69) is 47.3 Å². The number of aryl methyl sites for hydroxylation is 1. The Morgan fingerprint density at radius 2 is 1.88 bits per heavy atom. The number of nitrogens with zero attached hydrogens (tertiary/aromatic N) is 3. The molecule has 0 spiro atoms. The van der Waals surface area contributed by atoms with Crippen LogP contribution in [0.2, 0.25) is 0 Å². The Labute approximate surface area is 201 Å². The van der Waals surface area contributed by atoms with Gasteiger partial charge in [0.25, 0.3) is 0 Å². The van der Waals surface area contributed by atoms with E-state index in [1.807, 2.05) is 43.4 Å². The van der Waals surface area contributed by atoms with Gasteiger partial charge in [0.1, 0.15) is 11.4 Å². The van der Waals surface area contributed by atoms with Gasteiger partial charge in [-0.2, -0.15) is 5.26 Å². The molecule has 1 aliphatic rings. The zero-order chi connectivity index (χ0) is 24.0. The minimum Gasteiger partial charge on any atom is -0.363 e. The minimum absolute atomic E-state index is 0.265. The molecule has 174 valence electrons. The molecule has 1 aliphatic heterocycles. The molecule has 3 aromatic rings. The van der Waals surface area contributed by atoms with Gasteiger partial charge in [-0.25, -0.2) is 4.39 Å². The highest BCUT2D eigenvalue weighted by Crippen LogP contribution is 2.45. The predicted molar refractivity (Wildman–Crippen MR) is 133 cm³/mol. The Bertz CT molecular complexity index is 1180. The SMILES string of the molecule is CN=C(CCc1ccccc1)N(C)CCCC1(c2ccc(F)cc2)OCc2cc(C#N)ccc21. The molecule has 0 saturated carbocycles. The van der Waals surface area contributed by atoms with Crippen LogP contribution in [0.25, 0.3) is 0 Å². The van der Waals surface area contributed by atoms with Crippen molar-refractivity contribution in [3.05, 3.63) is 106 Å². The summed E-state index contributed by atoms with van der Waals surface area (Å²) < 4.78 is 20.1. The van der Waals surface area contributed by atoms with Crippen molar-refractivity contribution in [2.75, 3.05) is 20.6 Å². The highest BCUT2D eigenvalue weighted by atomic mass is 19.1. The average Bonchev–Trinajstić information content (AvgIpc) is 3.24. The highest BCUT2D eigenvalue weighted by Gasteiger charge is 2.41. The molecule has 3 aromatic carbocycles. The molecular weight excluding hydrogens is 425 g/mol. The Kier molecular flexibility index (Phi) is 7.40. The van der Waals surface area contributed by atoms with Gasteiger partial charge in [0.15, 0.2) is 0 Å². The largest absolute Gasteiger partial charge is 0.363 e. The van der Waals surface area contributed by atoms with Crippen LogP contribution in [0.1, 0.15) is 47.1 Å². The smallest absolute Gasteiger partial charge is 0.123 e. The van der Waals surface area contributed by atoms with E-state index in [0.29, 0.717) is 12.2 Å². The highest BCUT2D eigenvalue weighted by molar-refractivity contribution is 5.82.